The van der Waals surface area contributed by atoms with Crippen LogP contribution in [0.2, 0.25) is 0 Å². The molecule has 6 nitrogen and oxygen atoms in total. The Morgan fingerprint density at radius 3 is 2.57 bits per heavy atom. The minimum absolute atomic E-state index is 0.0460. The number of carbonyl (C=O) groups excluding carboxylic acids is 2. The molecule has 158 valence electrons. The van der Waals surface area contributed by atoms with E-state index in [1.165, 1.54) is 5.56 Å². The van der Waals surface area contributed by atoms with Crippen LogP contribution in [0.3, 0.4) is 0 Å². The second-order valence-electron chi connectivity index (χ2n) is 8.24. The van der Waals surface area contributed by atoms with Crippen molar-refractivity contribution in [3.05, 3.63) is 54.1 Å². The number of ether oxygens (including phenoxy) is 2. The van der Waals surface area contributed by atoms with E-state index in [-0.39, 0.29) is 30.1 Å². The molecule has 2 aromatic carbocycles. The fourth-order valence-corrected chi connectivity index (χ4v) is 4.13. The van der Waals surface area contributed by atoms with Crippen molar-refractivity contribution >= 4 is 17.5 Å². The van der Waals surface area contributed by atoms with Crippen molar-refractivity contribution in [1.29, 1.82) is 0 Å². The van der Waals surface area contributed by atoms with Gasteiger partial charge in [-0.1, -0.05) is 44.2 Å². The van der Waals surface area contributed by atoms with Crippen LogP contribution in [0.1, 0.15) is 31.7 Å². The number of nitrogens with zero attached hydrogens (tertiary/aromatic N) is 1. The number of rotatable bonds is 6. The number of amides is 2. The summed E-state index contributed by atoms with van der Waals surface area (Å²) < 4.78 is 11.2. The molecule has 2 aliphatic heterocycles. The van der Waals surface area contributed by atoms with E-state index in [1.807, 2.05) is 36.4 Å². The van der Waals surface area contributed by atoms with Gasteiger partial charge in [0.15, 0.2) is 11.5 Å². The second-order valence-corrected chi connectivity index (χ2v) is 8.24. The van der Waals surface area contributed by atoms with Crippen LogP contribution in [0.5, 0.6) is 11.5 Å². The molecule has 2 aliphatic rings. The summed E-state index contributed by atoms with van der Waals surface area (Å²) in [6.07, 6.45) is 0.220. The molecular weight excluding hydrogens is 380 g/mol. The molecule has 1 fully saturated rings. The van der Waals surface area contributed by atoms with E-state index in [1.54, 1.807) is 4.90 Å². The van der Waals surface area contributed by atoms with E-state index in [2.05, 4.69) is 31.3 Å². The van der Waals surface area contributed by atoms with Gasteiger partial charge in [-0.25, -0.2) is 0 Å². The highest BCUT2D eigenvalue weighted by atomic mass is 16.6. The van der Waals surface area contributed by atoms with Crippen LogP contribution in [-0.2, 0) is 9.59 Å². The smallest absolute Gasteiger partial charge is 0.227 e. The van der Waals surface area contributed by atoms with Gasteiger partial charge < -0.3 is 19.7 Å². The zero-order chi connectivity index (χ0) is 21.1. The lowest BCUT2D eigenvalue weighted by molar-refractivity contribution is -0.126. The lowest BCUT2D eigenvalue weighted by Crippen LogP contribution is -2.36. The Labute approximate surface area is 177 Å². The van der Waals surface area contributed by atoms with E-state index < -0.39 is 0 Å². The van der Waals surface area contributed by atoms with Crippen LogP contribution in [0.4, 0.5) is 5.69 Å². The standard InChI is InChI=1S/C24H28N2O4/c1-16(2)20(17-6-4-3-5-7-17)14-25-24(28)18-12-23(27)26(15-18)19-8-9-21-22(13-19)30-11-10-29-21/h3-9,13,16,18,20H,10-12,14-15H2,1-2H3,(H,25,28). The predicted octanol–water partition coefficient (Wildman–Crippen LogP) is 3.37. The molecule has 30 heavy (non-hydrogen) atoms. The highest BCUT2D eigenvalue weighted by Crippen LogP contribution is 2.36. The van der Waals surface area contributed by atoms with Crippen molar-refractivity contribution in [2.45, 2.75) is 26.2 Å². The fourth-order valence-electron chi connectivity index (χ4n) is 4.13. The first-order valence-electron chi connectivity index (χ1n) is 10.6. The van der Waals surface area contributed by atoms with Crippen LogP contribution in [0.25, 0.3) is 0 Å². The number of carbonyl (C=O) groups is 2. The number of fused-ring (bicyclic) bond motifs is 1. The van der Waals surface area contributed by atoms with Crippen molar-refractivity contribution in [1.82, 2.24) is 5.32 Å². The minimum Gasteiger partial charge on any atom is -0.486 e. The largest absolute Gasteiger partial charge is 0.486 e. The first kappa shape index (κ1) is 20.3. The Balaban J connectivity index is 1.39. The first-order chi connectivity index (χ1) is 14.5. The van der Waals surface area contributed by atoms with Gasteiger partial charge in [-0.15, -0.1) is 0 Å². The average molecular weight is 408 g/mol. The van der Waals surface area contributed by atoms with Crippen LogP contribution in [0.15, 0.2) is 48.5 Å². The van der Waals surface area contributed by atoms with Crippen molar-refractivity contribution in [2.75, 3.05) is 31.2 Å². The highest BCUT2D eigenvalue weighted by molar-refractivity contribution is 6.00. The molecule has 4 rings (SSSR count). The van der Waals surface area contributed by atoms with Crippen molar-refractivity contribution < 1.29 is 19.1 Å². The monoisotopic (exact) mass is 408 g/mol. The van der Waals surface area contributed by atoms with Crippen molar-refractivity contribution in [3.63, 3.8) is 0 Å². The van der Waals surface area contributed by atoms with E-state index in [0.29, 0.717) is 43.7 Å². The number of benzene rings is 2. The summed E-state index contributed by atoms with van der Waals surface area (Å²) in [4.78, 5) is 27.1. The molecule has 1 N–H and O–H groups in total. The SMILES string of the molecule is CC(C)C(CNC(=O)C1CC(=O)N(c2ccc3c(c2)OCCO3)C1)c1ccccc1. The summed E-state index contributed by atoms with van der Waals surface area (Å²) in [5.41, 5.74) is 1.96. The van der Waals surface area contributed by atoms with Crippen LogP contribution in [0, 0.1) is 11.8 Å². The summed E-state index contributed by atoms with van der Waals surface area (Å²) in [7, 11) is 0. The Hall–Kier alpha value is -3.02. The summed E-state index contributed by atoms with van der Waals surface area (Å²) in [5.74, 6) is 1.50. The molecule has 0 radical (unpaired) electrons. The van der Waals surface area contributed by atoms with E-state index in [9.17, 15) is 9.59 Å². The van der Waals surface area contributed by atoms with Gasteiger partial charge in [-0.3, -0.25) is 9.59 Å². The maximum Gasteiger partial charge on any atom is 0.227 e. The third kappa shape index (κ3) is 4.27. The molecule has 2 unspecified atom stereocenters. The zero-order valence-electron chi connectivity index (χ0n) is 17.5. The molecule has 0 aliphatic carbocycles. The number of hydrogen-bond donors (Lipinski definition) is 1. The number of nitrogens with one attached hydrogen (secondary N) is 1. The van der Waals surface area contributed by atoms with Crippen molar-refractivity contribution in [3.8, 4) is 11.5 Å². The van der Waals surface area contributed by atoms with Crippen LogP contribution >= 0.6 is 0 Å². The molecule has 0 aromatic heterocycles. The van der Waals surface area contributed by atoms with E-state index in [4.69, 9.17) is 9.47 Å². The molecule has 6 heteroatoms. The van der Waals surface area contributed by atoms with E-state index >= 15 is 0 Å². The molecule has 2 heterocycles. The Kier molecular flexibility index (Phi) is 5.93. The minimum atomic E-state index is -0.353. The lowest BCUT2D eigenvalue weighted by atomic mass is 9.88. The normalized spacial score (nSPS) is 19.1. The molecule has 1 saturated heterocycles. The van der Waals surface area contributed by atoms with Gasteiger partial charge in [0, 0.05) is 37.2 Å². The molecule has 2 aromatic rings. The van der Waals surface area contributed by atoms with Gasteiger partial charge in [0.2, 0.25) is 11.8 Å². The van der Waals surface area contributed by atoms with Crippen LogP contribution in [-0.4, -0.2) is 38.1 Å². The zero-order valence-corrected chi connectivity index (χ0v) is 17.5. The molecular formula is C24H28N2O4. The van der Waals surface area contributed by atoms with Crippen molar-refractivity contribution in [2.24, 2.45) is 11.8 Å². The van der Waals surface area contributed by atoms with Crippen LogP contribution < -0.4 is 19.7 Å². The van der Waals surface area contributed by atoms with Gasteiger partial charge in [0.25, 0.3) is 0 Å². The van der Waals surface area contributed by atoms with Gasteiger partial charge in [-0.2, -0.15) is 0 Å². The van der Waals surface area contributed by atoms with E-state index in [0.717, 1.165) is 5.69 Å². The summed E-state index contributed by atoms with van der Waals surface area (Å²) in [5, 5.41) is 3.08. The maximum atomic E-state index is 12.8. The Morgan fingerprint density at radius 2 is 1.83 bits per heavy atom. The van der Waals surface area contributed by atoms with Gasteiger partial charge in [-0.05, 0) is 23.6 Å². The molecule has 2 atom stereocenters. The van der Waals surface area contributed by atoms with Gasteiger partial charge in [0.05, 0.1) is 5.92 Å². The predicted molar refractivity (Wildman–Crippen MR) is 115 cm³/mol. The third-order valence-corrected chi connectivity index (χ3v) is 5.86. The lowest BCUT2D eigenvalue weighted by Gasteiger charge is -2.23. The molecule has 2 amide bonds. The number of hydrogen-bond acceptors (Lipinski definition) is 4. The van der Waals surface area contributed by atoms with Gasteiger partial charge >= 0.3 is 0 Å². The molecule has 0 bridgehead atoms. The summed E-state index contributed by atoms with van der Waals surface area (Å²) >= 11 is 0. The highest BCUT2D eigenvalue weighted by Gasteiger charge is 2.35. The second kappa shape index (κ2) is 8.78. The Bertz CT molecular complexity index is 913. The quantitative estimate of drug-likeness (QED) is 0.796. The topological polar surface area (TPSA) is 67.9 Å². The summed E-state index contributed by atoms with van der Waals surface area (Å²) in [6.45, 7) is 6.28. The van der Waals surface area contributed by atoms with Gasteiger partial charge in [0.1, 0.15) is 13.2 Å². The molecule has 0 saturated carbocycles. The Morgan fingerprint density at radius 1 is 1.10 bits per heavy atom. The third-order valence-electron chi connectivity index (χ3n) is 5.86. The first-order valence-corrected chi connectivity index (χ1v) is 10.6. The number of anilines is 1. The average Bonchev–Trinajstić information content (AvgIpc) is 3.15. The summed E-state index contributed by atoms with van der Waals surface area (Å²) in [6, 6.07) is 15.7. The fraction of sp³-hybridized carbons (Fsp3) is 0.417. The molecule has 0 spiro atoms. The maximum absolute atomic E-state index is 12.8.